The molecule has 2 heterocycles. The van der Waals surface area contributed by atoms with E-state index in [1.807, 2.05) is 24.3 Å². The SMILES string of the molecule is CCOC(=O)C1=C(C)N=c2s/c(=C\c3ccccc3OC)c(=O)n2[C@@H]1c1cccc(OC)c1OC. The number of hydrogen-bond donors (Lipinski definition) is 0. The Balaban J connectivity index is 2.03. The van der Waals surface area contributed by atoms with Gasteiger partial charge in [-0.15, -0.1) is 0 Å². The van der Waals surface area contributed by atoms with E-state index in [0.29, 0.717) is 37.8 Å². The molecule has 1 aliphatic heterocycles. The van der Waals surface area contributed by atoms with E-state index < -0.39 is 12.0 Å². The van der Waals surface area contributed by atoms with E-state index in [1.54, 1.807) is 45.2 Å². The predicted molar refractivity (Wildman–Crippen MR) is 133 cm³/mol. The molecule has 0 N–H and O–H groups in total. The molecule has 3 aromatic rings. The molecule has 1 aliphatic rings. The summed E-state index contributed by atoms with van der Waals surface area (Å²) in [6, 6.07) is 12.0. The topological polar surface area (TPSA) is 88.4 Å². The third-order valence-corrected chi connectivity index (χ3v) is 6.65. The van der Waals surface area contributed by atoms with E-state index in [9.17, 15) is 9.59 Å². The number of carbonyl (C=O) groups is 1. The van der Waals surface area contributed by atoms with Crippen LogP contribution in [0.25, 0.3) is 6.08 Å². The summed E-state index contributed by atoms with van der Waals surface area (Å²) in [7, 11) is 4.64. The number of carbonyl (C=O) groups excluding carboxylic acids is 1. The van der Waals surface area contributed by atoms with Gasteiger partial charge in [0.2, 0.25) is 0 Å². The highest BCUT2D eigenvalue weighted by atomic mass is 32.1. The first-order valence-electron chi connectivity index (χ1n) is 11.0. The van der Waals surface area contributed by atoms with Gasteiger partial charge in [0.05, 0.1) is 43.7 Å². The number of ether oxygens (including phenoxy) is 4. The summed E-state index contributed by atoms with van der Waals surface area (Å²) in [4.78, 5) is 32.0. The molecule has 0 radical (unpaired) electrons. The van der Waals surface area contributed by atoms with Crippen LogP contribution in [0.1, 0.15) is 31.0 Å². The molecule has 182 valence electrons. The summed E-state index contributed by atoms with van der Waals surface area (Å²) in [5.41, 5.74) is 1.81. The van der Waals surface area contributed by atoms with Gasteiger partial charge in [0.1, 0.15) is 11.8 Å². The number of hydrogen-bond acceptors (Lipinski definition) is 8. The van der Waals surface area contributed by atoms with Crippen molar-refractivity contribution in [2.45, 2.75) is 19.9 Å². The van der Waals surface area contributed by atoms with Gasteiger partial charge in [-0.3, -0.25) is 9.36 Å². The number of fused-ring (bicyclic) bond motifs is 1. The molecule has 1 atom stereocenters. The second kappa shape index (κ2) is 10.2. The zero-order valence-electron chi connectivity index (χ0n) is 20.2. The largest absolute Gasteiger partial charge is 0.496 e. The first kappa shape index (κ1) is 24.3. The highest BCUT2D eigenvalue weighted by molar-refractivity contribution is 7.07. The van der Waals surface area contributed by atoms with Crippen LogP contribution >= 0.6 is 11.3 Å². The monoisotopic (exact) mass is 494 g/mol. The van der Waals surface area contributed by atoms with Gasteiger partial charge in [0.15, 0.2) is 16.3 Å². The lowest BCUT2D eigenvalue weighted by Gasteiger charge is -2.26. The molecular weight excluding hydrogens is 468 g/mol. The number of aromatic nitrogens is 1. The lowest BCUT2D eigenvalue weighted by molar-refractivity contribution is -0.139. The molecular formula is C26H26N2O6S. The van der Waals surface area contributed by atoms with Gasteiger partial charge in [-0.2, -0.15) is 0 Å². The molecule has 4 rings (SSSR count). The van der Waals surface area contributed by atoms with Crippen molar-refractivity contribution in [2.75, 3.05) is 27.9 Å². The van der Waals surface area contributed by atoms with E-state index in [1.165, 1.54) is 30.1 Å². The first-order valence-corrected chi connectivity index (χ1v) is 11.8. The third-order valence-electron chi connectivity index (χ3n) is 5.67. The van der Waals surface area contributed by atoms with E-state index >= 15 is 0 Å². The fraction of sp³-hybridized carbons (Fsp3) is 0.269. The van der Waals surface area contributed by atoms with Crippen molar-refractivity contribution in [1.82, 2.24) is 4.57 Å². The van der Waals surface area contributed by atoms with Gasteiger partial charge in [-0.05, 0) is 32.1 Å². The van der Waals surface area contributed by atoms with E-state index in [0.717, 1.165) is 5.56 Å². The zero-order valence-corrected chi connectivity index (χ0v) is 21.0. The number of benzene rings is 2. The van der Waals surface area contributed by atoms with Crippen LogP contribution in [0.2, 0.25) is 0 Å². The summed E-state index contributed by atoms with van der Waals surface area (Å²) in [5, 5.41) is 0. The standard InChI is InChI=1S/C26H26N2O6S/c1-6-34-25(30)21-15(2)27-26-28(22(21)17-11-9-13-19(32-4)23(17)33-5)24(29)20(35-26)14-16-10-7-8-12-18(16)31-3/h7-14,22H,6H2,1-5H3/b20-14-/t22-/m1/s1. The smallest absolute Gasteiger partial charge is 0.338 e. The zero-order chi connectivity index (χ0) is 25.1. The van der Waals surface area contributed by atoms with Crippen LogP contribution in [0.15, 0.2) is 63.5 Å². The van der Waals surface area contributed by atoms with Crippen molar-refractivity contribution in [2.24, 2.45) is 4.99 Å². The molecule has 0 aliphatic carbocycles. The van der Waals surface area contributed by atoms with Gasteiger partial charge < -0.3 is 18.9 Å². The Morgan fingerprint density at radius 3 is 2.46 bits per heavy atom. The number of para-hydroxylation sites is 2. The molecule has 0 saturated carbocycles. The average molecular weight is 495 g/mol. The van der Waals surface area contributed by atoms with Crippen LogP contribution in [0.4, 0.5) is 0 Å². The normalized spacial score (nSPS) is 15.3. The van der Waals surface area contributed by atoms with Crippen LogP contribution < -0.4 is 29.1 Å². The second-order valence-corrected chi connectivity index (χ2v) is 8.64. The molecule has 1 aromatic heterocycles. The van der Waals surface area contributed by atoms with Gasteiger partial charge in [-0.1, -0.05) is 41.7 Å². The van der Waals surface area contributed by atoms with Crippen molar-refractivity contribution in [1.29, 1.82) is 0 Å². The minimum absolute atomic E-state index is 0.190. The fourth-order valence-electron chi connectivity index (χ4n) is 4.14. The highest BCUT2D eigenvalue weighted by Gasteiger charge is 2.35. The van der Waals surface area contributed by atoms with Gasteiger partial charge in [0.25, 0.3) is 5.56 Å². The number of allylic oxidation sites excluding steroid dienone is 1. The minimum atomic E-state index is -0.810. The van der Waals surface area contributed by atoms with Crippen molar-refractivity contribution < 1.29 is 23.7 Å². The van der Waals surface area contributed by atoms with E-state index in [4.69, 9.17) is 18.9 Å². The molecule has 35 heavy (non-hydrogen) atoms. The molecule has 8 nitrogen and oxygen atoms in total. The summed E-state index contributed by atoms with van der Waals surface area (Å²) < 4.78 is 23.9. The second-order valence-electron chi connectivity index (χ2n) is 7.63. The Morgan fingerprint density at radius 2 is 1.77 bits per heavy atom. The molecule has 0 amide bonds. The summed E-state index contributed by atoms with van der Waals surface area (Å²) in [6.45, 7) is 3.66. The van der Waals surface area contributed by atoms with Crippen molar-refractivity contribution >= 4 is 23.4 Å². The van der Waals surface area contributed by atoms with Crippen LogP contribution in [0, 0.1) is 0 Å². The summed E-state index contributed by atoms with van der Waals surface area (Å²) in [5.74, 6) is 1.02. The lowest BCUT2D eigenvalue weighted by atomic mass is 9.94. The van der Waals surface area contributed by atoms with Gasteiger partial charge in [0, 0.05) is 11.1 Å². The van der Waals surface area contributed by atoms with E-state index in [2.05, 4.69) is 4.99 Å². The fourth-order valence-corrected chi connectivity index (χ4v) is 5.18. The van der Waals surface area contributed by atoms with Crippen LogP contribution in [-0.2, 0) is 9.53 Å². The average Bonchev–Trinajstić information content (AvgIpc) is 3.17. The molecule has 2 aromatic carbocycles. The van der Waals surface area contributed by atoms with Crippen molar-refractivity contribution in [3.63, 3.8) is 0 Å². The molecule has 0 fully saturated rings. The maximum absolute atomic E-state index is 13.8. The quantitative estimate of drug-likeness (QED) is 0.470. The first-order chi connectivity index (χ1) is 16.9. The predicted octanol–water partition coefficient (Wildman–Crippen LogP) is 2.82. The van der Waals surface area contributed by atoms with Gasteiger partial charge >= 0.3 is 5.97 Å². The number of methoxy groups -OCH3 is 3. The Morgan fingerprint density at radius 1 is 1.06 bits per heavy atom. The van der Waals surface area contributed by atoms with Gasteiger partial charge in [-0.25, -0.2) is 9.79 Å². The molecule has 0 unspecified atom stereocenters. The molecule has 0 bridgehead atoms. The van der Waals surface area contributed by atoms with Crippen LogP contribution in [0.5, 0.6) is 17.2 Å². The van der Waals surface area contributed by atoms with Crippen molar-refractivity contribution in [3.8, 4) is 17.2 Å². The summed E-state index contributed by atoms with van der Waals surface area (Å²) >= 11 is 1.24. The minimum Gasteiger partial charge on any atom is -0.496 e. The number of nitrogens with zero attached hydrogens (tertiary/aromatic N) is 2. The maximum atomic E-state index is 13.8. The van der Waals surface area contributed by atoms with Crippen LogP contribution in [0.3, 0.4) is 0 Å². The molecule has 0 spiro atoms. The Bertz CT molecular complexity index is 1480. The van der Waals surface area contributed by atoms with Crippen molar-refractivity contribution in [3.05, 3.63) is 84.5 Å². The number of esters is 1. The Hall–Kier alpha value is -3.85. The maximum Gasteiger partial charge on any atom is 0.338 e. The Labute approximate surface area is 206 Å². The molecule has 0 saturated heterocycles. The van der Waals surface area contributed by atoms with E-state index in [-0.39, 0.29) is 17.7 Å². The molecule has 9 heteroatoms. The lowest BCUT2D eigenvalue weighted by Crippen LogP contribution is -2.40. The highest BCUT2D eigenvalue weighted by Crippen LogP contribution is 2.40. The van der Waals surface area contributed by atoms with Crippen LogP contribution in [-0.4, -0.2) is 38.5 Å². The number of rotatable bonds is 7. The summed E-state index contributed by atoms with van der Waals surface area (Å²) in [6.07, 6.45) is 1.77. The number of thiazole rings is 1. The Kier molecular flexibility index (Phi) is 7.07. The third kappa shape index (κ3) is 4.35.